The lowest BCUT2D eigenvalue weighted by Gasteiger charge is -2.44. The predicted molar refractivity (Wildman–Crippen MR) is 118 cm³/mol. The Morgan fingerprint density at radius 3 is 1.88 bits per heavy atom. The van der Waals surface area contributed by atoms with Gasteiger partial charge in [0.25, 0.3) is 0 Å². The van der Waals surface area contributed by atoms with Crippen molar-refractivity contribution in [3.8, 4) is 0 Å². The van der Waals surface area contributed by atoms with Crippen LogP contribution < -0.4 is 22.9 Å². The van der Waals surface area contributed by atoms with Crippen LogP contribution in [0.15, 0.2) is 0 Å². The van der Waals surface area contributed by atoms with Gasteiger partial charge in [0.1, 0.15) is 42.7 Å². The molecule has 4 unspecified atom stereocenters. The molecular weight excluding hydrogens is 456 g/mol. The average molecular weight is 499 g/mol. The first kappa shape index (κ1) is 29.7. The Kier molecular flexibility index (Phi) is 11.0. The summed E-state index contributed by atoms with van der Waals surface area (Å²) in [6.45, 7) is 4.23. The molecule has 2 aliphatic rings. The highest BCUT2D eigenvalue weighted by atomic mass is 16.7. The third-order valence-electron chi connectivity index (χ3n) is 6.27. The van der Waals surface area contributed by atoms with E-state index in [0.717, 1.165) is 0 Å². The van der Waals surface area contributed by atoms with Crippen LogP contribution in [0.25, 0.3) is 0 Å². The van der Waals surface area contributed by atoms with Crippen LogP contribution in [0.2, 0.25) is 0 Å². The smallest absolute Gasteiger partial charge is 0.187 e. The van der Waals surface area contributed by atoms with Crippen LogP contribution in [0.3, 0.4) is 0 Å². The number of rotatable bonds is 11. The molecule has 2 rings (SSSR count). The van der Waals surface area contributed by atoms with Crippen LogP contribution in [0.5, 0.6) is 0 Å². The number of aliphatic hydroxyl groups is 6. The Balaban J connectivity index is 2.20. The molecule has 0 aromatic carbocycles. The van der Waals surface area contributed by atoms with Crippen molar-refractivity contribution >= 4 is 0 Å². The van der Waals surface area contributed by atoms with Crippen LogP contribution in [0.4, 0.5) is 0 Å². The Labute approximate surface area is 198 Å². The van der Waals surface area contributed by atoms with E-state index in [1.165, 1.54) is 6.92 Å². The minimum atomic E-state index is -1.46. The molecule has 0 bridgehead atoms. The van der Waals surface area contributed by atoms with E-state index in [0.29, 0.717) is 0 Å². The first-order chi connectivity index (χ1) is 15.8. The summed E-state index contributed by atoms with van der Waals surface area (Å²) in [6.07, 6.45) is -13.1. The van der Waals surface area contributed by atoms with E-state index < -0.39 is 91.7 Å². The molecule has 0 saturated carbocycles. The second kappa shape index (κ2) is 12.6. The van der Waals surface area contributed by atoms with Crippen LogP contribution in [0, 0.1) is 0 Å². The highest BCUT2D eigenvalue weighted by Gasteiger charge is 2.49. The largest absolute Gasteiger partial charge is 0.395 e. The second-order valence-corrected chi connectivity index (χ2v) is 9.36. The summed E-state index contributed by atoms with van der Waals surface area (Å²) >= 11 is 0. The predicted octanol–water partition coefficient (Wildman–Crippen LogP) is -5.24. The van der Waals surface area contributed by atoms with Gasteiger partial charge in [-0.05, 0) is 27.2 Å². The summed E-state index contributed by atoms with van der Waals surface area (Å²) in [7, 11) is 0. The van der Waals surface area contributed by atoms with Crippen molar-refractivity contribution in [2.75, 3.05) is 6.61 Å². The van der Waals surface area contributed by atoms with Gasteiger partial charge < -0.3 is 72.5 Å². The minimum absolute atomic E-state index is 0.0982. The van der Waals surface area contributed by atoms with Gasteiger partial charge in [0.05, 0.1) is 24.9 Å². The number of ether oxygens (including phenoxy) is 4. The maximum atomic E-state index is 10.3. The molecule has 0 spiro atoms. The number of nitrogens with two attached hydrogens (primary N) is 4. The molecule has 0 radical (unpaired) electrons. The van der Waals surface area contributed by atoms with Crippen LogP contribution >= 0.6 is 0 Å². The van der Waals surface area contributed by atoms with Crippen LogP contribution in [-0.4, -0.2) is 129 Å². The molecule has 14 nitrogen and oxygen atoms in total. The minimum Gasteiger partial charge on any atom is -0.395 e. The zero-order valence-electron chi connectivity index (χ0n) is 19.7. The molecule has 15 atom stereocenters. The monoisotopic (exact) mass is 498 g/mol. The molecule has 14 N–H and O–H groups in total. The van der Waals surface area contributed by atoms with Crippen molar-refractivity contribution in [2.45, 2.75) is 119 Å². The summed E-state index contributed by atoms with van der Waals surface area (Å²) in [4.78, 5) is 0. The SMILES string of the molecule is C[C@H](N)[C@H]1O[C@@H](O[C@H](C)[C@H](O[C@H]2OC([C@@H](C)O)[C@@H](O)[C@H](O)C2N)C(N)C[C@@H](N)CO)[C@@H](O)C1O. The lowest BCUT2D eigenvalue weighted by Crippen LogP contribution is -2.65. The summed E-state index contributed by atoms with van der Waals surface area (Å²) < 4.78 is 23.0. The molecule has 2 aliphatic heterocycles. The maximum Gasteiger partial charge on any atom is 0.187 e. The van der Waals surface area contributed by atoms with Gasteiger partial charge in [0.2, 0.25) is 0 Å². The molecule has 0 aliphatic carbocycles. The molecule has 202 valence electrons. The summed E-state index contributed by atoms with van der Waals surface area (Å²) in [5.41, 5.74) is 23.9. The van der Waals surface area contributed by atoms with Crippen molar-refractivity contribution < 1.29 is 49.6 Å². The molecule has 2 saturated heterocycles. The Bertz CT molecular complexity index is 620. The van der Waals surface area contributed by atoms with E-state index >= 15 is 0 Å². The zero-order valence-corrected chi connectivity index (χ0v) is 19.7. The highest BCUT2D eigenvalue weighted by Crippen LogP contribution is 2.29. The third kappa shape index (κ3) is 6.80. The van der Waals surface area contributed by atoms with Crippen molar-refractivity contribution in [3.05, 3.63) is 0 Å². The fraction of sp³-hybridized carbons (Fsp3) is 1.00. The second-order valence-electron chi connectivity index (χ2n) is 9.36. The Morgan fingerprint density at radius 1 is 0.824 bits per heavy atom. The van der Waals surface area contributed by atoms with Gasteiger partial charge in [-0.2, -0.15) is 0 Å². The quantitative estimate of drug-likeness (QED) is 0.128. The average Bonchev–Trinajstić information content (AvgIpc) is 3.05. The molecule has 14 heteroatoms. The normalized spacial score (nSPS) is 42.1. The van der Waals surface area contributed by atoms with Gasteiger partial charge in [-0.1, -0.05) is 0 Å². The molecule has 2 heterocycles. The lowest BCUT2D eigenvalue weighted by molar-refractivity contribution is -0.303. The van der Waals surface area contributed by atoms with Gasteiger partial charge in [-0.25, -0.2) is 0 Å². The lowest BCUT2D eigenvalue weighted by atomic mass is 9.94. The first-order valence-corrected chi connectivity index (χ1v) is 11.4. The van der Waals surface area contributed by atoms with E-state index in [4.69, 9.17) is 41.9 Å². The number of hydrogen-bond donors (Lipinski definition) is 10. The molecule has 0 amide bonds. The van der Waals surface area contributed by atoms with Gasteiger partial charge in [0, 0.05) is 18.1 Å². The Hall–Kier alpha value is -0.560. The van der Waals surface area contributed by atoms with Crippen LogP contribution in [0.1, 0.15) is 27.2 Å². The van der Waals surface area contributed by atoms with Gasteiger partial charge in [-0.3, -0.25) is 0 Å². The van der Waals surface area contributed by atoms with Crippen LogP contribution in [-0.2, 0) is 18.9 Å². The fourth-order valence-corrected chi connectivity index (χ4v) is 4.21. The number of aliphatic hydroxyl groups excluding tert-OH is 6. The zero-order chi connectivity index (χ0) is 25.9. The summed E-state index contributed by atoms with van der Waals surface area (Å²) in [5.74, 6) is 0. The van der Waals surface area contributed by atoms with Gasteiger partial charge in [-0.15, -0.1) is 0 Å². The maximum absolute atomic E-state index is 10.3. The Morgan fingerprint density at radius 2 is 1.38 bits per heavy atom. The highest BCUT2D eigenvalue weighted by molar-refractivity contribution is 4.96. The van der Waals surface area contributed by atoms with E-state index in [9.17, 15) is 30.6 Å². The molecule has 2 fully saturated rings. The van der Waals surface area contributed by atoms with E-state index in [2.05, 4.69) is 0 Å². The van der Waals surface area contributed by atoms with Crippen molar-refractivity contribution in [2.24, 2.45) is 22.9 Å². The summed E-state index contributed by atoms with van der Waals surface area (Å²) in [5, 5.41) is 60.3. The number of hydrogen-bond acceptors (Lipinski definition) is 14. The van der Waals surface area contributed by atoms with Crippen molar-refractivity contribution in [1.82, 2.24) is 0 Å². The van der Waals surface area contributed by atoms with E-state index in [-0.39, 0.29) is 13.0 Å². The van der Waals surface area contributed by atoms with Crippen molar-refractivity contribution in [1.29, 1.82) is 0 Å². The summed E-state index contributed by atoms with van der Waals surface area (Å²) in [6, 6.07) is -3.29. The van der Waals surface area contributed by atoms with Gasteiger partial charge >= 0.3 is 0 Å². The first-order valence-electron chi connectivity index (χ1n) is 11.4. The van der Waals surface area contributed by atoms with E-state index in [1.54, 1.807) is 13.8 Å². The topological polar surface area (TPSA) is 262 Å². The molecule has 34 heavy (non-hydrogen) atoms. The standard InChI is InChI=1S/C20H42N4O10/c1-6(21)16-14(29)15(30)20(32-16)31-8(3)18(10(23)4-9(22)5-25)34-19-11(24)12(27)13(28)17(33-19)7(2)26/h6-20,25-30H,4-5,21-24H2,1-3H3/t6-,7+,8+,9+,10?,11?,12+,13-,14?,15-,16+,17?,18-,19+,20+/m0/s1. The molecular formula is C20H42N4O10. The third-order valence-corrected chi connectivity index (χ3v) is 6.27. The fourth-order valence-electron chi connectivity index (χ4n) is 4.21. The molecule has 0 aromatic heterocycles. The van der Waals surface area contributed by atoms with E-state index in [1.807, 2.05) is 0 Å². The molecule has 0 aromatic rings. The van der Waals surface area contributed by atoms with Crippen molar-refractivity contribution in [3.63, 3.8) is 0 Å². The van der Waals surface area contributed by atoms with Gasteiger partial charge in [0.15, 0.2) is 12.6 Å².